The van der Waals surface area contributed by atoms with Crippen molar-refractivity contribution in [3.8, 4) is 5.75 Å². The smallest absolute Gasteiger partial charge is 0.339 e. The molecule has 3 atom stereocenters. The van der Waals surface area contributed by atoms with Gasteiger partial charge >= 0.3 is 10.1 Å². The fourth-order valence-corrected chi connectivity index (χ4v) is 6.18. The van der Waals surface area contributed by atoms with Gasteiger partial charge in [-0.25, -0.2) is 9.96 Å². The molecule has 0 aliphatic carbocycles. The lowest BCUT2D eigenvalue weighted by Crippen LogP contribution is -2.37. The number of carbonyl (C=O) groups excluding carboxylic acids is 2. The van der Waals surface area contributed by atoms with E-state index in [-0.39, 0.29) is 22.0 Å². The Balaban J connectivity index is 1.38. The Morgan fingerprint density at radius 2 is 1.52 bits per heavy atom. The first-order chi connectivity index (χ1) is 20.1. The molecule has 212 valence electrons. The molecule has 0 aromatic heterocycles. The minimum absolute atomic E-state index is 0.00994. The highest BCUT2D eigenvalue weighted by Crippen LogP contribution is 2.48. The third-order valence-corrected chi connectivity index (χ3v) is 8.39. The summed E-state index contributed by atoms with van der Waals surface area (Å²) in [6.45, 7) is 1.85. The molecule has 2 amide bonds. The quantitative estimate of drug-likeness (QED) is 0.131. The molecule has 11 nitrogen and oxygen atoms in total. The van der Waals surface area contributed by atoms with E-state index < -0.39 is 44.9 Å². The maximum absolute atomic E-state index is 13.8. The van der Waals surface area contributed by atoms with Crippen LogP contribution in [0, 0.1) is 23.0 Å². The second-order valence-electron chi connectivity index (χ2n) is 9.87. The van der Waals surface area contributed by atoms with Gasteiger partial charge in [-0.3, -0.25) is 24.5 Å². The van der Waals surface area contributed by atoms with Crippen LogP contribution in [0.3, 0.4) is 0 Å². The average molecular weight is 586 g/mol. The van der Waals surface area contributed by atoms with Crippen LogP contribution in [-0.4, -0.2) is 31.3 Å². The summed E-state index contributed by atoms with van der Waals surface area (Å²) in [5, 5.41) is 12.8. The molecule has 0 saturated carbocycles. The van der Waals surface area contributed by atoms with Gasteiger partial charge in [-0.1, -0.05) is 48.5 Å². The van der Waals surface area contributed by atoms with Crippen LogP contribution in [0.15, 0.2) is 108 Å². The van der Waals surface area contributed by atoms with Gasteiger partial charge in [0.2, 0.25) is 5.91 Å². The van der Waals surface area contributed by atoms with E-state index >= 15 is 0 Å². The van der Waals surface area contributed by atoms with Crippen LogP contribution in [0.1, 0.15) is 17.2 Å². The minimum Gasteiger partial charge on any atom is -0.379 e. The standard InChI is InChI=1S/C30H23N3O8S/c1-19-7-5-8-21(17-19)31-29(34)26-27(32(40-28(26)30(31)35)22-9-6-10-23(18-22)33(36)37)20-13-15-24(16-14-20)41-42(38,39)25-11-3-2-4-12-25/h2-18,26-28H,1H3/t26-,27+,28+/m1/s1. The van der Waals surface area contributed by atoms with Crippen LogP contribution in [0.25, 0.3) is 0 Å². The SMILES string of the molecule is Cc1cccc(N2C(=O)[C@H]3[C@H](ON(c4cccc([N+](=O)[O-])c4)[C@H]3c3ccc(OS(=O)(=O)c4ccccc4)cc3)C2=O)c1. The third kappa shape index (κ3) is 4.76. The molecule has 42 heavy (non-hydrogen) atoms. The van der Waals surface area contributed by atoms with Crippen LogP contribution in [0.2, 0.25) is 0 Å². The molecule has 0 N–H and O–H groups in total. The zero-order valence-electron chi connectivity index (χ0n) is 22.1. The molecule has 4 aromatic carbocycles. The Labute approximate surface area is 240 Å². The van der Waals surface area contributed by atoms with Crippen molar-refractivity contribution >= 4 is 39.0 Å². The highest BCUT2D eigenvalue weighted by atomic mass is 32.2. The van der Waals surface area contributed by atoms with Crippen molar-refractivity contribution < 1.29 is 32.0 Å². The lowest BCUT2D eigenvalue weighted by molar-refractivity contribution is -0.384. The summed E-state index contributed by atoms with van der Waals surface area (Å²) in [7, 11) is -4.09. The number of nitro groups is 1. The monoisotopic (exact) mass is 585 g/mol. The van der Waals surface area contributed by atoms with E-state index in [2.05, 4.69) is 0 Å². The predicted molar refractivity (Wildman–Crippen MR) is 151 cm³/mol. The first kappa shape index (κ1) is 27.1. The number of non-ortho nitro benzene ring substituents is 1. The molecule has 2 aliphatic heterocycles. The summed E-state index contributed by atoms with van der Waals surface area (Å²) in [4.78, 5) is 45.5. The first-order valence-corrected chi connectivity index (χ1v) is 14.3. The van der Waals surface area contributed by atoms with Gasteiger partial charge in [0.15, 0.2) is 6.10 Å². The number of hydrogen-bond acceptors (Lipinski definition) is 9. The molecule has 0 bridgehead atoms. The van der Waals surface area contributed by atoms with Gasteiger partial charge in [-0.15, -0.1) is 0 Å². The molecule has 4 aromatic rings. The van der Waals surface area contributed by atoms with Gasteiger partial charge in [-0.05, 0) is 60.5 Å². The van der Waals surface area contributed by atoms with Gasteiger partial charge in [0.25, 0.3) is 11.6 Å². The zero-order chi connectivity index (χ0) is 29.6. The van der Waals surface area contributed by atoms with Gasteiger partial charge in [0, 0.05) is 12.1 Å². The minimum atomic E-state index is -4.09. The van der Waals surface area contributed by atoms with Crippen molar-refractivity contribution in [1.82, 2.24) is 0 Å². The van der Waals surface area contributed by atoms with Crippen molar-refractivity contribution in [2.45, 2.75) is 24.0 Å². The summed E-state index contributed by atoms with van der Waals surface area (Å²) >= 11 is 0. The molecule has 2 fully saturated rings. The Kier molecular flexibility index (Phi) is 6.71. The second-order valence-corrected chi connectivity index (χ2v) is 11.4. The van der Waals surface area contributed by atoms with E-state index in [0.29, 0.717) is 11.3 Å². The molecule has 6 rings (SSSR count). The highest BCUT2D eigenvalue weighted by Gasteiger charge is 2.60. The molecule has 2 heterocycles. The molecule has 0 radical (unpaired) electrons. The van der Waals surface area contributed by atoms with Crippen LogP contribution in [-0.2, 0) is 24.5 Å². The number of hydroxylamine groups is 1. The Morgan fingerprint density at radius 1 is 0.833 bits per heavy atom. The number of imide groups is 1. The second kappa shape index (κ2) is 10.4. The number of amides is 2. The van der Waals surface area contributed by atoms with Crippen molar-refractivity contribution in [2.75, 3.05) is 9.96 Å². The van der Waals surface area contributed by atoms with Crippen LogP contribution < -0.4 is 14.1 Å². The fourth-order valence-electron chi connectivity index (χ4n) is 5.22. The maximum Gasteiger partial charge on any atom is 0.339 e. The number of nitro benzene ring substituents is 1. The summed E-state index contributed by atoms with van der Waals surface area (Å²) in [5.41, 5.74) is 1.87. The Morgan fingerprint density at radius 3 is 2.21 bits per heavy atom. The van der Waals surface area contributed by atoms with Crippen LogP contribution in [0.5, 0.6) is 5.75 Å². The lowest BCUT2D eigenvalue weighted by atomic mass is 9.90. The van der Waals surface area contributed by atoms with Gasteiger partial charge in [-0.2, -0.15) is 8.42 Å². The normalized spacial score (nSPS) is 20.1. The van der Waals surface area contributed by atoms with Crippen molar-refractivity contribution in [1.29, 1.82) is 0 Å². The van der Waals surface area contributed by atoms with Crippen molar-refractivity contribution in [3.63, 3.8) is 0 Å². The molecule has 12 heteroatoms. The van der Waals surface area contributed by atoms with E-state index in [0.717, 1.165) is 10.5 Å². The van der Waals surface area contributed by atoms with E-state index in [9.17, 15) is 28.1 Å². The summed E-state index contributed by atoms with van der Waals surface area (Å²) in [6, 6.07) is 25.5. The predicted octanol–water partition coefficient (Wildman–Crippen LogP) is 4.72. The van der Waals surface area contributed by atoms with Crippen LogP contribution >= 0.6 is 0 Å². The topological polar surface area (TPSA) is 136 Å². The number of anilines is 2. The zero-order valence-corrected chi connectivity index (χ0v) is 22.9. The molecule has 2 aliphatic rings. The van der Waals surface area contributed by atoms with Crippen molar-refractivity contribution in [2.24, 2.45) is 5.92 Å². The van der Waals surface area contributed by atoms with E-state index in [1.807, 2.05) is 13.0 Å². The number of rotatable bonds is 7. The number of carbonyl (C=O) groups is 2. The third-order valence-electron chi connectivity index (χ3n) is 7.13. The van der Waals surface area contributed by atoms with Crippen molar-refractivity contribution in [3.05, 3.63) is 124 Å². The molecule has 2 saturated heterocycles. The van der Waals surface area contributed by atoms with Gasteiger partial charge < -0.3 is 4.18 Å². The number of benzene rings is 4. The number of fused-ring (bicyclic) bond motifs is 1. The number of nitrogens with zero attached hydrogens (tertiary/aromatic N) is 3. The fraction of sp³-hybridized carbons (Fsp3) is 0.133. The Bertz CT molecular complexity index is 1810. The average Bonchev–Trinajstić information content (AvgIpc) is 3.49. The molecule has 0 spiro atoms. The summed E-state index contributed by atoms with van der Waals surface area (Å²) in [6.07, 6.45) is -1.18. The van der Waals surface area contributed by atoms with E-state index in [1.165, 1.54) is 47.5 Å². The Hall–Kier alpha value is -5.07. The lowest BCUT2D eigenvalue weighted by Gasteiger charge is -2.28. The largest absolute Gasteiger partial charge is 0.379 e. The van der Waals surface area contributed by atoms with Gasteiger partial charge in [0.1, 0.15) is 16.6 Å². The number of hydrogen-bond donors (Lipinski definition) is 0. The summed E-state index contributed by atoms with van der Waals surface area (Å²) < 4.78 is 30.7. The highest BCUT2D eigenvalue weighted by molar-refractivity contribution is 7.87. The molecule has 0 unspecified atom stereocenters. The van der Waals surface area contributed by atoms with Gasteiger partial charge in [0.05, 0.1) is 22.3 Å². The molecular weight excluding hydrogens is 562 g/mol. The van der Waals surface area contributed by atoms with E-state index in [1.54, 1.807) is 54.6 Å². The summed E-state index contributed by atoms with van der Waals surface area (Å²) in [5.74, 6) is -1.99. The number of aryl methyl sites for hydroxylation is 1. The van der Waals surface area contributed by atoms with Crippen LogP contribution in [0.4, 0.5) is 17.1 Å². The first-order valence-electron chi connectivity index (χ1n) is 12.9. The van der Waals surface area contributed by atoms with E-state index in [4.69, 9.17) is 9.02 Å². The molecular formula is C30H23N3O8S. The maximum atomic E-state index is 13.8.